The van der Waals surface area contributed by atoms with Gasteiger partial charge in [0.25, 0.3) is 0 Å². The summed E-state index contributed by atoms with van der Waals surface area (Å²) in [6.45, 7) is 20.1. The van der Waals surface area contributed by atoms with E-state index in [4.69, 9.17) is 22.0 Å². The van der Waals surface area contributed by atoms with Gasteiger partial charge >= 0.3 is 5.97 Å². The van der Waals surface area contributed by atoms with Crippen LogP contribution in [0.1, 0.15) is 96.3 Å². The summed E-state index contributed by atoms with van der Waals surface area (Å²) in [5.74, 6) is 0.321. The molecule has 0 bridgehead atoms. The van der Waals surface area contributed by atoms with Gasteiger partial charge in [-0.25, -0.2) is 4.79 Å². The van der Waals surface area contributed by atoms with Crippen LogP contribution in [0.4, 0.5) is 0 Å². The molecule has 0 fully saturated rings. The van der Waals surface area contributed by atoms with Crippen LogP contribution in [0.25, 0.3) is 0 Å². The molecule has 0 amide bonds. The van der Waals surface area contributed by atoms with E-state index in [-0.39, 0.29) is 12.6 Å². The molecule has 52 heavy (non-hydrogen) atoms. The van der Waals surface area contributed by atoms with Crippen molar-refractivity contribution in [3.05, 3.63) is 178 Å². The SMILES string of the molecule is Brc1ccccc1.CC.CC.CC.CC.CC.COC(=O)c1ccccc1.ClCc1ccccc1.N#CCc1ccccc1.OCc1ccccc1. The highest BCUT2D eigenvalue weighted by atomic mass is 79.9. The van der Waals surface area contributed by atoms with E-state index in [2.05, 4.69) is 26.7 Å². The number of hydrogen-bond acceptors (Lipinski definition) is 4. The number of aliphatic hydroxyl groups excluding tert-OH is 1. The number of rotatable bonds is 4. The zero-order valence-corrected chi connectivity index (χ0v) is 35.9. The fourth-order valence-corrected chi connectivity index (χ4v) is 3.43. The summed E-state index contributed by atoms with van der Waals surface area (Å²) in [6.07, 6.45) is 0.515. The van der Waals surface area contributed by atoms with Gasteiger partial charge in [-0.1, -0.05) is 213 Å². The van der Waals surface area contributed by atoms with Crippen LogP contribution in [-0.2, 0) is 23.6 Å². The van der Waals surface area contributed by atoms with E-state index in [1.54, 1.807) is 24.3 Å². The van der Waals surface area contributed by atoms with Gasteiger partial charge in [-0.05, 0) is 41.0 Å². The number of ether oxygens (including phenoxy) is 1. The minimum absolute atomic E-state index is 0.140. The van der Waals surface area contributed by atoms with Crippen molar-refractivity contribution in [1.82, 2.24) is 0 Å². The highest BCUT2D eigenvalue weighted by Crippen LogP contribution is 2.05. The molecule has 0 atom stereocenters. The first-order valence-electron chi connectivity index (χ1n) is 18.0. The molecule has 286 valence electrons. The lowest BCUT2D eigenvalue weighted by Crippen LogP contribution is -1.99. The molecule has 4 nitrogen and oxygen atoms in total. The second kappa shape index (κ2) is 51.2. The lowest BCUT2D eigenvalue weighted by molar-refractivity contribution is 0.0600. The third-order valence-corrected chi connectivity index (χ3v) is 5.91. The van der Waals surface area contributed by atoms with Gasteiger partial charge in [-0.15, -0.1) is 11.6 Å². The van der Waals surface area contributed by atoms with Gasteiger partial charge in [0.15, 0.2) is 0 Å². The molecule has 0 saturated carbocycles. The Balaban J connectivity index is -0.000000167. The molecule has 5 aromatic rings. The summed E-state index contributed by atoms with van der Waals surface area (Å²) >= 11 is 8.84. The second-order valence-electron chi connectivity index (χ2n) is 8.24. The Morgan fingerprint density at radius 2 is 0.885 bits per heavy atom. The second-order valence-corrected chi connectivity index (χ2v) is 9.42. The van der Waals surface area contributed by atoms with E-state index in [1.807, 2.05) is 197 Å². The number of aliphatic hydroxyl groups is 1. The predicted molar refractivity (Wildman–Crippen MR) is 233 cm³/mol. The smallest absolute Gasteiger partial charge is 0.337 e. The number of hydrogen-bond donors (Lipinski definition) is 1. The number of esters is 1. The van der Waals surface area contributed by atoms with Crippen LogP contribution < -0.4 is 0 Å². The minimum atomic E-state index is -0.291. The van der Waals surface area contributed by atoms with Crippen LogP contribution in [0.2, 0.25) is 0 Å². The Morgan fingerprint density at radius 3 is 1.12 bits per heavy atom. The zero-order valence-electron chi connectivity index (χ0n) is 33.5. The van der Waals surface area contributed by atoms with Crippen molar-refractivity contribution in [2.75, 3.05) is 7.11 Å². The van der Waals surface area contributed by atoms with Crippen LogP contribution in [0.15, 0.2) is 156 Å². The number of carbonyl (C=O) groups is 1. The third-order valence-electron chi connectivity index (χ3n) is 5.08. The zero-order chi connectivity index (χ0) is 40.7. The first kappa shape index (κ1) is 57.1. The molecule has 6 heteroatoms. The number of nitrogens with zero attached hydrogens (tertiary/aromatic N) is 1. The van der Waals surface area contributed by atoms with Crippen molar-refractivity contribution in [3.63, 3.8) is 0 Å². The number of benzene rings is 5. The number of nitriles is 1. The molecule has 0 aliphatic carbocycles. The Labute approximate surface area is 331 Å². The summed E-state index contributed by atoms with van der Waals surface area (Å²) in [6, 6.07) is 50.1. The molecule has 0 aliphatic heterocycles. The summed E-state index contributed by atoms with van der Waals surface area (Å²) < 4.78 is 5.63. The van der Waals surface area contributed by atoms with Gasteiger partial charge in [-0.2, -0.15) is 5.26 Å². The molecule has 0 heterocycles. The van der Waals surface area contributed by atoms with E-state index >= 15 is 0 Å². The summed E-state index contributed by atoms with van der Waals surface area (Å²) in [5, 5.41) is 16.8. The van der Waals surface area contributed by atoms with Crippen molar-refractivity contribution >= 4 is 33.5 Å². The van der Waals surface area contributed by atoms with E-state index in [9.17, 15) is 4.79 Å². The van der Waals surface area contributed by atoms with Gasteiger partial charge in [0, 0.05) is 10.4 Å². The molecule has 0 spiro atoms. The molecule has 0 radical (unpaired) electrons. The molecule has 5 rings (SSSR count). The monoisotopic (exact) mass is 793 g/mol. The fraction of sp³-hybridized carbons (Fsp3) is 0.304. The van der Waals surface area contributed by atoms with Gasteiger partial charge in [0.2, 0.25) is 0 Å². The van der Waals surface area contributed by atoms with E-state index in [0.717, 1.165) is 15.6 Å². The maximum absolute atomic E-state index is 10.8. The van der Waals surface area contributed by atoms with Gasteiger partial charge in [0.05, 0.1) is 31.8 Å². The van der Waals surface area contributed by atoms with Gasteiger partial charge in [0.1, 0.15) is 0 Å². The maximum atomic E-state index is 10.8. The Morgan fingerprint density at radius 1 is 0.577 bits per heavy atom. The summed E-state index contributed by atoms with van der Waals surface area (Å²) in [4.78, 5) is 10.8. The maximum Gasteiger partial charge on any atom is 0.337 e. The number of alkyl halides is 1. The minimum Gasteiger partial charge on any atom is -0.465 e. The van der Waals surface area contributed by atoms with Crippen molar-refractivity contribution in [2.24, 2.45) is 0 Å². The highest BCUT2D eigenvalue weighted by molar-refractivity contribution is 9.10. The van der Waals surface area contributed by atoms with Crippen molar-refractivity contribution in [3.8, 4) is 6.07 Å². The third kappa shape index (κ3) is 38.6. The van der Waals surface area contributed by atoms with Crippen LogP contribution in [0.5, 0.6) is 0 Å². The molecule has 0 unspecified atom stereocenters. The van der Waals surface area contributed by atoms with E-state index < -0.39 is 0 Å². The molecule has 0 aromatic heterocycles. The lowest BCUT2D eigenvalue weighted by Gasteiger charge is -1.95. The Hall–Kier alpha value is -4.21. The summed E-state index contributed by atoms with van der Waals surface area (Å²) in [5.41, 5.74) is 3.81. The first-order valence-corrected chi connectivity index (χ1v) is 19.4. The molecule has 0 saturated heterocycles. The average molecular weight is 795 g/mol. The quantitative estimate of drug-likeness (QED) is 0.145. The normalized spacial score (nSPS) is 7.71. The average Bonchev–Trinajstić information content (AvgIpc) is 3.27. The topological polar surface area (TPSA) is 70.3 Å². The number of halogens is 2. The van der Waals surface area contributed by atoms with Crippen molar-refractivity contribution < 1.29 is 14.6 Å². The Kier molecular flexibility index (Phi) is 56.2. The Bertz CT molecular complexity index is 1330. The van der Waals surface area contributed by atoms with Crippen LogP contribution in [-0.4, -0.2) is 18.2 Å². The lowest BCUT2D eigenvalue weighted by atomic mass is 10.2. The van der Waals surface area contributed by atoms with Crippen LogP contribution >= 0.6 is 27.5 Å². The predicted octanol–water partition coefficient (Wildman–Crippen LogP) is 14.4. The largest absolute Gasteiger partial charge is 0.465 e. The van der Waals surface area contributed by atoms with Crippen LogP contribution in [0.3, 0.4) is 0 Å². The van der Waals surface area contributed by atoms with Crippen LogP contribution in [0, 0.1) is 11.3 Å². The summed E-state index contributed by atoms with van der Waals surface area (Å²) in [7, 11) is 1.37. The van der Waals surface area contributed by atoms with Crippen molar-refractivity contribution in [2.45, 2.75) is 88.1 Å². The first-order chi connectivity index (χ1) is 25.5. The molecular weight excluding hydrogens is 730 g/mol. The fourth-order valence-electron chi connectivity index (χ4n) is 2.94. The molecule has 0 aliphatic rings. The standard InChI is InChI=1S/C8H7N.C8H8O2.C7H7Cl.C7H8O.C6H5Br.5C2H6/c9-7-6-8-4-2-1-3-5-8;1-10-8(9)7-5-3-2-4-6-7;2*8-6-7-4-2-1-3-5-7;7-6-4-2-1-3-5-6;5*1-2/h1-5H,6H2;2-6H,1H3;1-5H,6H2;1-5,8H,6H2;1-5H;5*1-2H3. The number of carbonyl (C=O) groups excluding carboxylic acids is 1. The van der Waals surface area contributed by atoms with E-state index in [1.165, 1.54) is 12.7 Å². The van der Waals surface area contributed by atoms with E-state index in [0.29, 0.717) is 17.9 Å². The van der Waals surface area contributed by atoms with Crippen molar-refractivity contribution in [1.29, 1.82) is 5.26 Å². The number of methoxy groups -OCH3 is 1. The van der Waals surface area contributed by atoms with Gasteiger partial charge < -0.3 is 9.84 Å². The molecule has 5 aromatic carbocycles. The molecule has 1 N–H and O–H groups in total. The molecular formula is C46H65BrClNO3. The highest BCUT2D eigenvalue weighted by Gasteiger charge is 2.00. The van der Waals surface area contributed by atoms with Gasteiger partial charge in [-0.3, -0.25) is 0 Å².